The van der Waals surface area contributed by atoms with Crippen LogP contribution in [0.1, 0.15) is 40.0 Å². The maximum atomic E-state index is 2.35. The Kier molecular flexibility index (Phi) is 5.57. The summed E-state index contributed by atoms with van der Waals surface area (Å²) in [6, 6.07) is 0.792. The number of rotatable bonds is 5. The van der Waals surface area contributed by atoms with E-state index in [-0.39, 0.29) is 0 Å². The quantitative estimate of drug-likeness (QED) is 0.593. The molecule has 1 unspecified atom stereocenters. The van der Waals surface area contributed by atoms with Gasteiger partial charge in [0.25, 0.3) is 0 Å². The smallest absolute Gasteiger partial charge is 0.00915 e. The van der Waals surface area contributed by atoms with Gasteiger partial charge in [0.15, 0.2) is 0 Å². The third kappa shape index (κ3) is 5.25. The molecule has 11 heavy (non-hydrogen) atoms. The van der Waals surface area contributed by atoms with Gasteiger partial charge in [-0.2, -0.15) is 0 Å². The average Bonchev–Trinajstić information content (AvgIpc) is 1.86. The highest BCUT2D eigenvalue weighted by atomic mass is 15.1. The van der Waals surface area contributed by atoms with Crippen molar-refractivity contribution in [2.75, 3.05) is 14.1 Å². The number of nitrogens with zero attached hydrogens (tertiary/aromatic N) is 1. The van der Waals surface area contributed by atoms with E-state index in [1.165, 1.54) is 19.3 Å². The van der Waals surface area contributed by atoms with Crippen molar-refractivity contribution in [3.05, 3.63) is 0 Å². The van der Waals surface area contributed by atoms with E-state index in [0.717, 1.165) is 12.0 Å². The van der Waals surface area contributed by atoms with Gasteiger partial charge in [-0.25, -0.2) is 0 Å². The largest absolute Gasteiger partial charge is 0.306 e. The summed E-state index contributed by atoms with van der Waals surface area (Å²) in [4.78, 5) is 2.35. The molecular weight excluding hydrogens is 134 g/mol. The normalized spacial score (nSPS) is 14.5. The Bertz CT molecular complexity index is 86.9. The van der Waals surface area contributed by atoms with Gasteiger partial charge < -0.3 is 4.90 Å². The molecule has 0 amide bonds. The molecular formula is C10H23N. The molecule has 1 heteroatoms. The second-order valence-corrected chi connectivity index (χ2v) is 4.04. The second-order valence-electron chi connectivity index (χ2n) is 4.04. The number of hydrogen-bond acceptors (Lipinski definition) is 1. The summed E-state index contributed by atoms with van der Waals surface area (Å²) < 4.78 is 0. The summed E-state index contributed by atoms with van der Waals surface area (Å²) in [5.41, 5.74) is 0. The zero-order valence-corrected chi connectivity index (χ0v) is 8.72. The minimum atomic E-state index is 0.792. The zero-order chi connectivity index (χ0) is 8.85. The minimum Gasteiger partial charge on any atom is -0.306 e. The molecule has 0 heterocycles. The van der Waals surface area contributed by atoms with Crippen LogP contribution in [-0.4, -0.2) is 25.0 Å². The van der Waals surface area contributed by atoms with Crippen LogP contribution in [-0.2, 0) is 0 Å². The van der Waals surface area contributed by atoms with E-state index in [4.69, 9.17) is 0 Å². The standard InChI is InChI=1S/C10H23N/c1-6-7-10(11(4)5)8-9(2)3/h9-10H,6-8H2,1-5H3. The van der Waals surface area contributed by atoms with Crippen molar-refractivity contribution in [1.82, 2.24) is 4.90 Å². The molecule has 68 valence electrons. The van der Waals surface area contributed by atoms with Crippen LogP contribution in [0.15, 0.2) is 0 Å². The summed E-state index contributed by atoms with van der Waals surface area (Å²) in [5.74, 6) is 0.828. The van der Waals surface area contributed by atoms with E-state index < -0.39 is 0 Å². The molecule has 0 spiro atoms. The molecule has 1 atom stereocenters. The van der Waals surface area contributed by atoms with E-state index >= 15 is 0 Å². The van der Waals surface area contributed by atoms with Gasteiger partial charge in [-0.05, 0) is 32.9 Å². The highest BCUT2D eigenvalue weighted by Gasteiger charge is 2.11. The van der Waals surface area contributed by atoms with Crippen LogP contribution in [0, 0.1) is 5.92 Å². The molecule has 0 fully saturated rings. The Labute approximate surface area is 71.8 Å². The Morgan fingerprint density at radius 1 is 1.18 bits per heavy atom. The lowest BCUT2D eigenvalue weighted by molar-refractivity contribution is 0.240. The Balaban J connectivity index is 3.69. The summed E-state index contributed by atoms with van der Waals surface area (Å²) in [7, 11) is 4.37. The Morgan fingerprint density at radius 2 is 1.73 bits per heavy atom. The molecule has 0 aromatic rings. The molecule has 0 aliphatic rings. The van der Waals surface area contributed by atoms with E-state index in [9.17, 15) is 0 Å². The highest BCUT2D eigenvalue weighted by molar-refractivity contribution is 4.66. The number of hydrogen-bond donors (Lipinski definition) is 0. The maximum absolute atomic E-state index is 2.35. The topological polar surface area (TPSA) is 3.24 Å². The lowest BCUT2D eigenvalue weighted by Crippen LogP contribution is -2.29. The first kappa shape index (κ1) is 11.0. The van der Waals surface area contributed by atoms with Gasteiger partial charge >= 0.3 is 0 Å². The molecule has 1 nitrogen and oxygen atoms in total. The lowest BCUT2D eigenvalue weighted by Gasteiger charge is -2.25. The molecule has 0 aromatic carbocycles. The van der Waals surface area contributed by atoms with Crippen LogP contribution in [0.5, 0.6) is 0 Å². The molecule has 0 saturated heterocycles. The van der Waals surface area contributed by atoms with E-state index in [2.05, 4.69) is 39.8 Å². The van der Waals surface area contributed by atoms with Crippen LogP contribution in [0.25, 0.3) is 0 Å². The van der Waals surface area contributed by atoms with Crippen LogP contribution in [0.4, 0.5) is 0 Å². The molecule has 0 aromatic heterocycles. The van der Waals surface area contributed by atoms with Crippen molar-refractivity contribution in [3.63, 3.8) is 0 Å². The third-order valence-corrected chi connectivity index (χ3v) is 2.10. The Morgan fingerprint density at radius 3 is 2.00 bits per heavy atom. The fourth-order valence-corrected chi connectivity index (χ4v) is 1.46. The van der Waals surface area contributed by atoms with Gasteiger partial charge in [0.1, 0.15) is 0 Å². The summed E-state index contributed by atoms with van der Waals surface area (Å²) in [5, 5.41) is 0. The monoisotopic (exact) mass is 157 g/mol. The summed E-state index contributed by atoms with van der Waals surface area (Å²) in [6.45, 7) is 6.86. The predicted octanol–water partition coefficient (Wildman–Crippen LogP) is 2.76. The molecule has 0 bridgehead atoms. The van der Waals surface area contributed by atoms with Crippen LogP contribution >= 0.6 is 0 Å². The van der Waals surface area contributed by atoms with E-state index in [1.54, 1.807) is 0 Å². The molecule has 0 saturated carbocycles. The zero-order valence-electron chi connectivity index (χ0n) is 8.72. The maximum Gasteiger partial charge on any atom is 0.00915 e. The average molecular weight is 157 g/mol. The first-order chi connectivity index (χ1) is 5.07. The van der Waals surface area contributed by atoms with Crippen LogP contribution in [0.2, 0.25) is 0 Å². The lowest BCUT2D eigenvalue weighted by atomic mass is 9.99. The fourth-order valence-electron chi connectivity index (χ4n) is 1.46. The molecule has 0 N–H and O–H groups in total. The molecule has 0 rings (SSSR count). The van der Waals surface area contributed by atoms with Gasteiger partial charge in [-0.15, -0.1) is 0 Å². The molecule has 0 radical (unpaired) electrons. The van der Waals surface area contributed by atoms with Crippen molar-refractivity contribution in [1.29, 1.82) is 0 Å². The third-order valence-electron chi connectivity index (χ3n) is 2.10. The van der Waals surface area contributed by atoms with E-state index in [0.29, 0.717) is 0 Å². The van der Waals surface area contributed by atoms with Crippen molar-refractivity contribution in [2.24, 2.45) is 5.92 Å². The summed E-state index contributed by atoms with van der Waals surface area (Å²) in [6.07, 6.45) is 3.97. The van der Waals surface area contributed by atoms with Crippen molar-refractivity contribution < 1.29 is 0 Å². The van der Waals surface area contributed by atoms with Crippen molar-refractivity contribution in [3.8, 4) is 0 Å². The highest BCUT2D eigenvalue weighted by Crippen LogP contribution is 2.13. The summed E-state index contributed by atoms with van der Waals surface area (Å²) >= 11 is 0. The van der Waals surface area contributed by atoms with Crippen molar-refractivity contribution in [2.45, 2.75) is 46.1 Å². The minimum absolute atomic E-state index is 0.792. The molecule has 0 aliphatic heterocycles. The Hall–Kier alpha value is -0.0400. The fraction of sp³-hybridized carbons (Fsp3) is 1.00. The van der Waals surface area contributed by atoms with Gasteiger partial charge in [0.2, 0.25) is 0 Å². The van der Waals surface area contributed by atoms with Gasteiger partial charge in [0, 0.05) is 6.04 Å². The van der Waals surface area contributed by atoms with E-state index in [1.807, 2.05) is 0 Å². The van der Waals surface area contributed by atoms with Gasteiger partial charge in [-0.3, -0.25) is 0 Å². The van der Waals surface area contributed by atoms with Crippen LogP contribution in [0.3, 0.4) is 0 Å². The predicted molar refractivity (Wildman–Crippen MR) is 51.8 cm³/mol. The first-order valence-corrected chi connectivity index (χ1v) is 4.74. The van der Waals surface area contributed by atoms with Gasteiger partial charge in [-0.1, -0.05) is 27.2 Å². The first-order valence-electron chi connectivity index (χ1n) is 4.74. The second kappa shape index (κ2) is 5.59. The molecule has 0 aliphatic carbocycles. The van der Waals surface area contributed by atoms with Crippen LogP contribution < -0.4 is 0 Å². The SMILES string of the molecule is CCCC(CC(C)C)N(C)C. The van der Waals surface area contributed by atoms with Gasteiger partial charge in [0.05, 0.1) is 0 Å². The van der Waals surface area contributed by atoms with Crippen molar-refractivity contribution >= 4 is 0 Å².